The molecule has 3 nitrogen and oxygen atoms in total. The molecule has 0 saturated carbocycles. The standard InChI is InChI=1S/C14H21NO2/c16-8-4-1-5-9-17-13-10-12-6-2-3-7-14(12)15-11-13/h2-3,6-7,13,15-16H,1,4-5,8-11H2. The van der Waals surface area contributed by atoms with Crippen LogP contribution in [-0.4, -0.2) is 31.0 Å². The number of hydrogen-bond acceptors (Lipinski definition) is 3. The summed E-state index contributed by atoms with van der Waals surface area (Å²) in [4.78, 5) is 0. The molecule has 0 aliphatic carbocycles. The zero-order valence-electron chi connectivity index (χ0n) is 10.2. The van der Waals surface area contributed by atoms with Crippen LogP contribution in [0.1, 0.15) is 24.8 Å². The average molecular weight is 235 g/mol. The first-order chi connectivity index (χ1) is 8.40. The number of para-hydroxylation sites is 1. The summed E-state index contributed by atoms with van der Waals surface area (Å²) in [5.74, 6) is 0. The molecular weight excluding hydrogens is 214 g/mol. The molecule has 17 heavy (non-hydrogen) atoms. The summed E-state index contributed by atoms with van der Waals surface area (Å²) in [6, 6.07) is 8.41. The maximum atomic E-state index is 8.67. The quantitative estimate of drug-likeness (QED) is 0.743. The van der Waals surface area contributed by atoms with Gasteiger partial charge in [-0.05, 0) is 30.9 Å². The summed E-state index contributed by atoms with van der Waals surface area (Å²) in [5, 5.41) is 12.1. The third kappa shape index (κ3) is 3.72. The lowest BCUT2D eigenvalue weighted by Crippen LogP contribution is -2.30. The number of fused-ring (bicyclic) bond motifs is 1. The van der Waals surface area contributed by atoms with Gasteiger partial charge in [0.05, 0.1) is 6.10 Å². The van der Waals surface area contributed by atoms with Gasteiger partial charge in [0.2, 0.25) is 0 Å². The maximum Gasteiger partial charge on any atom is 0.0788 e. The predicted octanol–water partition coefficient (Wildman–Crippen LogP) is 2.20. The van der Waals surface area contributed by atoms with E-state index in [1.165, 1.54) is 11.3 Å². The Morgan fingerprint density at radius 1 is 1.24 bits per heavy atom. The van der Waals surface area contributed by atoms with E-state index >= 15 is 0 Å². The fourth-order valence-electron chi connectivity index (χ4n) is 2.17. The molecule has 1 aromatic carbocycles. The summed E-state index contributed by atoms with van der Waals surface area (Å²) >= 11 is 0. The van der Waals surface area contributed by atoms with Crippen molar-refractivity contribution in [2.75, 3.05) is 25.1 Å². The lowest BCUT2D eigenvalue weighted by atomic mass is 10.0. The molecule has 1 heterocycles. The van der Waals surface area contributed by atoms with E-state index in [0.717, 1.165) is 38.8 Å². The number of benzene rings is 1. The summed E-state index contributed by atoms with van der Waals surface area (Å²) in [7, 11) is 0. The van der Waals surface area contributed by atoms with Crippen LogP contribution in [0.4, 0.5) is 5.69 Å². The van der Waals surface area contributed by atoms with E-state index in [2.05, 4.69) is 29.6 Å². The van der Waals surface area contributed by atoms with Gasteiger partial charge in [-0.25, -0.2) is 0 Å². The van der Waals surface area contributed by atoms with Gasteiger partial charge in [0, 0.05) is 31.9 Å². The fourth-order valence-corrected chi connectivity index (χ4v) is 2.17. The van der Waals surface area contributed by atoms with Crippen LogP contribution in [0.25, 0.3) is 0 Å². The molecule has 3 heteroatoms. The zero-order valence-corrected chi connectivity index (χ0v) is 10.2. The zero-order chi connectivity index (χ0) is 11.9. The molecule has 0 aromatic heterocycles. The van der Waals surface area contributed by atoms with Crippen molar-refractivity contribution in [3.8, 4) is 0 Å². The Morgan fingerprint density at radius 2 is 2.12 bits per heavy atom. The van der Waals surface area contributed by atoms with Crippen molar-refractivity contribution in [1.29, 1.82) is 0 Å². The highest BCUT2D eigenvalue weighted by molar-refractivity contribution is 5.53. The van der Waals surface area contributed by atoms with Gasteiger partial charge < -0.3 is 15.2 Å². The van der Waals surface area contributed by atoms with Gasteiger partial charge in [0.1, 0.15) is 0 Å². The second kappa shape index (κ2) is 6.62. The van der Waals surface area contributed by atoms with Gasteiger partial charge in [0.15, 0.2) is 0 Å². The SMILES string of the molecule is OCCCCCOC1CNc2ccccc2C1. The van der Waals surface area contributed by atoms with Gasteiger partial charge in [-0.15, -0.1) is 0 Å². The highest BCUT2D eigenvalue weighted by Crippen LogP contribution is 2.22. The molecule has 0 spiro atoms. The minimum atomic E-state index is 0.290. The van der Waals surface area contributed by atoms with E-state index in [4.69, 9.17) is 9.84 Å². The average Bonchev–Trinajstić information content (AvgIpc) is 2.38. The Kier molecular flexibility index (Phi) is 4.83. The number of aliphatic hydroxyl groups excluding tert-OH is 1. The van der Waals surface area contributed by atoms with Gasteiger partial charge in [-0.1, -0.05) is 18.2 Å². The van der Waals surface area contributed by atoms with Crippen LogP contribution in [0.5, 0.6) is 0 Å². The maximum absolute atomic E-state index is 8.67. The van der Waals surface area contributed by atoms with Gasteiger partial charge in [0.25, 0.3) is 0 Å². The third-order valence-electron chi connectivity index (χ3n) is 3.14. The Labute approximate surface area is 103 Å². The molecule has 0 radical (unpaired) electrons. The number of anilines is 1. The molecule has 94 valence electrons. The molecule has 1 aliphatic rings. The van der Waals surface area contributed by atoms with Crippen LogP contribution < -0.4 is 5.32 Å². The van der Waals surface area contributed by atoms with Gasteiger partial charge in [-0.3, -0.25) is 0 Å². The summed E-state index contributed by atoms with van der Waals surface area (Å²) < 4.78 is 5.84. The van der Waals surface area contributed by atoms with Crippen LogP contribution in [-0.2, 0) is 11.2 Å². The van der Waals surface area contributed by atoms with E-state index in [9.17, 15) is 0 Å². The summed E-state index contributed by atoms with van der Waals surface area (Å²) in [6.45, 7) is 1.99. The van der Waals surface area contributed by atoms with E-state index in [1.807, 2.05) is 0 Å². The Bertz CT molecular complexity index is 341. The second-order valence-electron chi connectivity index (χ2n) is 4.52. The van der Waals surface area contributed by atoms with Crippen LogP contribution in [0.15, 0.2) is 24.3 Å². The third-order valence-corrected chi connectivity index (χ3v) is 3.14. The van der Waals surface area contributed by atoms with Gasteiger partial charge in [-0.2, -0.15) is 0 Å². The first-order valence-corrected chi connectivity index (χ1v) is 6.44. The van der Waals surface area contributed by atoms with Crippen molar-refractivity contribution >= 4 is 5.69 Å². The molecule has 1 aliphatic heterocycles. The topological polar surface area (TPSA) is 41.5 Å². The van der Waals surface area contributed by atoms with Crippen molar-refractivity contribution in [3.63, 3.8) is 0 Å². The summed E-state index contributed by atoms with van der Waals surface area (Å²) in [6.07, 6.45) is 4.27. The normalized spacial score (nSPS) is 18.5. The number of nitrogens with one attached hydrogen (secondary N) is 1. The van der Waals surface area contributed by atoms with Crippen molar-refractivity contribution < 1.29 is 9.84 Å². The molecule has 0 fully saturated rings. The van der Waals surface area contributed by atoms with Gasteiger partial charge >= 0.3 is 0 Å². The largest absolute Gasteiger partial charge is 0.396 e. The highest BCUT2D eigenvalue weighted by Gasteiger charge is 2.17. The van der Waals surface area contributed by atoms with Crippen LogP contribution in [0.2, 0.25) is 0 Å². The van der Waals surface area contributed by atoms with E-state index in [-0.39, 0.29) is 0 Å². The van der Waals surface area contributed by atoms with Crippen LogP contribution in [0, 0.1) is 0 Å². The summed E-state index contributed by atoms with van der Waals surface area (Å²) in [5.41, 5.74) is 2.59. The monoisotopic (exact) mass is 235 g/mol. The molecule has 1 aromatic rings. The molecule has 2 rings (SSSR count). The number of rotatable bonds is 6. The molecule has 1 unspecified atom stereocenters. The molecular formula is C14H21NO2. The number of unbranched alkanes of at least 4 members (excludes halogenated alkanes) is 2. The van der Waals surface area contributed by atoms with Crippen molar-refractivity contribution in [2.24, 2.45) is 0 Å². The Hall–Kier alpha value is -1.06. The van der Waals surface area contributed by atoms with Crippen molar-refractivity contribution in [2.45, 2.75) is 31.8 Å². The highest BCUT2D eigenvalue weighted by atomic mass is 16.5. The van der Waals surface area contributed by atoms with E-state index in [0.29, 0.717) is 12.7 Å². The smallest absolute Gasteiger partial charge is 0.0788 e. The van der Waals surface area contributed by atoms with Crippen LogP contribution in [0.3, 0.4) is 0 Å². The van der Waals surface area contributed by atoms with Crippen molar-refractivity contribution in [3.05, 3.63) is 29.8 Å². The lowest BCUT2D eigenvalue weighted by Gasteiger charge is -2.26. The van der Waals surface area contributed by atoms with Crippen molar-refractivity contribution in [1.82, 2.24) is 0 Å². The Balaban J connectivity index is 1.71. The first kappa shape index (κ1) is 12.4. The minimum absolute atomic E-state index is 0.290. The van der Waals surface area contributed by atoms with Crippen LogP contribution >= 0.6 is 0 Å². The molecule has 1 atom stereocenters. The second-order valence-corrected chi connectivity index (χ2v) is 4.52. The predicted molar refractivity (Wildman–Crippen MR) is 69.3 cm³/mol. The Morgan fingerprint density at radius 3 is 3.00 bits per heavy atom. The number of ether oxygens (including phenoxy) is 1. The minimum Gasteiger partial charge on any atom is -0.396 e. The fraction of sp³-hybridized carbons (Fsp3) is 0.571. The number of hydrogen-bond donors (Lipinski definition) is 2. The molecule has 0 saturated heterocycles. The molecule has 0 amide bonds. The van der Waals surface area contributed by atoms with E-state index < -0.39 is 0 Å². The first-order valence-electron chi connectivity index (χ1n) is 6.44. The molecule has 0 bridgehead atoms. The number of aliphatic hydroxyl groups is 1. The van der Waals surface area contributed by atoms with E-state index in [1.54, 1.807) is 0 Å². The molecule has 2 N–H and O–H groups in total. The lowest BCUT2D eigenvalue weighted by molar-refractivity contribution is 0.0570.